The summed E-state index contributed by atoms with van der Waals surface area (Å²) < 4.78 is 0. The van der Waals surface area contributed by atoms with E-state index in [1.54, 1.807) is 0 Å². The maximum absolute atomic E-state index is 12.0. The first-order valence-corrected chi connectivity index (χ1v) is 6.55. The monoisotopic (exact) mass is 263 g/mol. The highest BCUT2D eigenvalue weighted by Gasteiger charge is 2.22. The van der Waals surface area contributed by atoms with Crippen LogP contribution in [-0.4, -0.2) is 38.0 Å². The van der Waals surface area contributed by atoms with Crippen molar-refractivity contribution >= 4 is 5.91 Å². The van der Waals surface area contributed by atoms with Gasteiger partial charge in [0, 0.05) is 13.1 Å². The Morgan fingerprint density at radius 3 is 2.42 bits per heavy atom. The van der Waals surface area contributed by atoms with Crippen LogP contribution in [0, 0.1) is 5.41 Å². The van der Waals surface area contributed by atoms with Crippen LogP contribution in [0.5, 0.6) is 0 Å². The number of hydrogen-bond acceptors (Lipinski definition) is 3. The van der Waals surface area contributed by atoms with E-state index in [1.807, 2.05) is 44.4 Å². The molecule has 0 saturated carbocycles. The molecule has 0 radical (unpaired) electrons. The molecule has 0 fully saturated rings. The maximum atomic E-state index is 12.0. The topological polar surface area (TPSA) is 58.4 Å². The van der Waals surface area contributed by atoms with Crippen molar-refractivity contribution in [2.45, 2.75) is 19.9 Å². The van der Waals surface area contributed by atoms with Gasteiger partial charge in [-0.3, -0.25) is 4.79 Å². The number of amides is 1. The van der Waals surface area contributed by atoms with Crippen molar-refractivity contribution in [2.24, 2.45) is 11.1 Å². The largest absolute Gasteiger partial charge is 0.354 e. The summed E-state index contributed by atoms with van der Waals surface area (Å²) in [5, 5.41) is 2.94. The highest BCUT2D eigenvalue weighted by molar-refractivity contribution is 5.82. The predicted molar refractivity (Wildman–Crippen MR) is 78.7 cm³/mol. The van der Waals surface area contributed by atoms with Crippen LogP contribution in [0.15, 0.2) is 30.3 Å². The van der Waals surface area contributed by atoms with E-state index in [1.165, 1.54) is 0 Å². The second-order valence-electron chi connectivity index (χ2n) is 6.01. The highest BCUT2D eigenvalue weighted by Crippen LogP contribution is 2.15. The first kappa shape index (κ1) is 15.7. The molecule has 0 unspecified atom stereocenters. The van der Waals surface area contributed by atoms with E-state index < -0.39 is 6.04 Å². The fourth-order valence-electron chi connectivity index (χ4n) is 2.16. The van der Waals surface area contributed by atoms with E-state index >= 15 is 0 Å². The molecular weight excluding hydrogens is 238 g/mol. The minimum absolute atomic E-state index is 0.0234. The normalized spacial score (nSPS) is 13.4. The van der Waals surface area contributed by atoms with Crippen molar-refractivity contribution in [1.82, 2.24) is 10.2 Å². The second kappa shape index (κ2) is 6.68. The SMILES string of the molecule is CN(C)CC(C)(C)CNC(=O)[C@H](N)c1ccccc1. The summed E-state index contributed by atoms with van der Waals surface area (Å²) in [4.78, 5) is 14.1. The smallest absolute Gasteiger partial charge is 0.241 e. The third kappa shape index (κ3) is 5.41. The molecule has 0 aliphatic carbocycles. The maximum Gasteiger partial charge on any atom is 0.241 e. The fraction of sp³-hybridized carbons (Fsp3) is 0.533. The van der Waals surface area contributed by atoms with Gasteiger partial charge in [-0.2, -0.15) is 0 Å². The lowest BCUT2D eigenvalue weighted by Gasteiger charge is -2.29. The molecule has 0 spiro atoms. The van der Waals surface area contributed by atoms with Crippen LogP contribution in [0.2, 0.25) is 0 Å². The van der Waals surface area contributed by atoms with Crippen LogP contribution in [0.4, 0.5) is 0 Å². The zero-order chi connectivity index (χ0) is 14.5. The third-order valence-electron chi connectivity index (χ3n) is 2.93. The number of carbonyl (C=O) groups excluding carboxylic acids is 1. The molecule has 19 heavy (non-hydrogen) atoms. The second-order valence-corrected chi connectivity index (χ2v) is 6.01. The molecule has 0 bridgehead atoms. The molecule has 0 aliphatic rings. The fourth-order valence-corrected chi connectivity index (χ4v) is 2.16. The quantitative estimate of drug-likeness (QED) is 0.815. The zero-order valence-corrected chi connectivity index (χ0v) is 12.3. The van der Waals surface area contributed by atoms with Crippen LogP contribution >= 0.6 is 0 Å². The zero-order valence-electron chi connectivity index (χ0n) is 12.3. The van der Waals surface area contributed by atoms with E-state index in [4.69, 9.17) is 5.73 Å². The molecule has 4 heteroatoms. The van der Waals surface area contributed by atoms with Gasteiger partial charge in [0.2, 0.25) is 5.91 Å². The average molecular weight is 263 g/mol. The van der Waals surface area contributed by atoms with Crippen LogP contribution in [0.25, 0.3) is 0 Å². The van der Waals surface area contributed by atoms with Gasteiger partial charge in [-0.1, -0.05) is 44.2 Å². The summed E-state index contributed by atoms with van der Waals surface area (Å²) in [7, 11) is 4.05. The number of benzene rings is 1. The van der Waals surface area contributed by atoms with E-state index in [9.17, 15) is 4.79 Å². The summed E-state index contributed by atoms with van der Waals surface area (Å²) in [6, 6.07) is 8.83. The van der Waals surface area contributed by atoms with Crippen molar-refractivity contribution in [2.75, 3.05) is 27.2 Å². The van der Waals surface area contributed by atoms with Crippen LogP contribution in [0.3, 0.4) is 0 Å². The molecule has 0 aliphatic heterocycles. The molecule has 0 saturated heterocycles. The molecule has 1 aromatic carbocycles. The van der Waals surface area contributed by atoms with Crippen molar-refractivity contribution in [1.29, 1.82) is 0 Å². The first-order chi connectivity index (χ1) is 8.82. The number of nitrogens with one attached hydrogen (secondary N) is 1. The summed E-state index contributed by atoms with van der Waals surface area (Å²) >= 11 is 0. The molecule has 1 rings (SSSR count). The van der Waals surface area contributed by atoms with Gasteiger partial charge >= 0.3 is 0 Å². The molecule has 1 atom stereocenters. The van der Waals surface area contributed by atoms with Gasteiger partial charge in [-0.05, 0) is 25.1 Å². The van der Waals surface area contributed by atoms with Crippen molar-refractivity contribution in [3.05, 3.63) is 35.9 Å². The summed E-state index contributed by atoms with van der Waals surface area (Å²) in [5.74, 6) is -0.127. The van der Waals surface area contributed by atoms with Gasteiger partial charge in [0.05, 0.1) is 0 Å². The Balaban J connectivity index is 2.52. The standard InChI is InChI=1S/C15H25N3O/c1-15(2,11-18(3)4)10-17-14(19)13(16)12-8-6-5-7-9-12/h5-9,13H,10-11,16H2,1-4H3,(H,17,19)/t13-/m1/s1. The van der Waals surface area contributed by atoms with Crippen LogP contribution in [0.1, 0.15) is 25.5 Å². The number of hydrogen-bond donors (Lipinski definition) is 2. The number of nitrogens with two attached hydrogens (primary N) is 1. The van der Waals surface area contributed by atoms with E-state index in [2.05, 4.69) is 24.1 Å². The minimum Gasteiger partial charge on any atom is -0.354 e. The molecule has 3 N–H and O–H groups in total. The molecule has 4 nitrogen and oxygen atoms in total. The van der Waals surface area contributed by atoms with Gasteiger partial charge in [-0.15, -0.1) is 0 Å². The van der Waals surface area contributed by atoms with E-state index in [-0.39, 0.29) is 11.3 Å². The molecular formula is C15H25N3O. The van der Waals surface area contributed by atoms with Gasteiger partial charge in [-0.25, -0.2) is 0 Å². The highest BCUT2D eigenvalue weighted by atomic mass is 16.2. The minimum atomic E-state index is -0.601. The van der Waals surface area contributed by atoms with Gasteiger partial charge in [0.25, 0.3) is 0 Å². The molecule has 0 heterocycles. The molecule has 1 amide bonds. The van der Waals surface area contributed by atoms with Crippen LogP contribution < -0.4 is 11.1 Å². The first-order valence-electron chi connectivity index (χ1n) is 6.55. The van der Waals surface area contributed by atoms with Gasteiger partial charge < -0.3 is 16.0 Å². The third-order valence-corrected chi connectivity index (χ3v) is 2.93. The summed E-state index contributed by atoms with van der Waals surface area (Å²) in [6.07, 6.45) is 0. The predicted octanol–water partition coefficient (Wildman–Crippen LogP) is 1.39. The van der Waals surface area contributed by atoms with Gasteiger partial charge in [0.15, 0.2) is 0 Å². The lowest BCUT2D eigenvalue weighted by Crippen LogP contribution is -2.43. The van der Waals surface area contributed by atoms with Crippen molar-refractivity contribution < 1.29 is 4.79 Å². The molecule has 0 aromatic heterocycles. The Morgan fingerprint density at radius 1 is 1.32 bits per heavy atom. The summed E-state index contributed by atoms with van der Waals surface area (Å²) in [5.41, 5.74) is 6.81. The Bertz CT molecular complexity index is 401. The Kier molecular flexibility index (Phi) is 5.51. The Hall–Kier alpha value is -1.39. The average Bonchev–Trinajstić information content (AvgIpc) is 2.34. The van der Waals surface area contributed by atoms with Crippen molar-refractivity contribution in [3.8, 4) is 0 Å². The van der Waals surface area contributed by atoms with E-state index in [0.717, 1.165) is 12.1 Å². The lowest BCUT2D eigenvalue weighted by atomic mass is 9.92. The van der Waals surface area contributed by atoms with E-state index in [0.29, 0.717) is 6.54 Å². The molecule has 106 valence electrons. The van der Waals surface area contributed by atoms with Crippen molar-refractivity contribution in [3.63, 3.8) is 0 Å². The Morgan fingerprint density at radius 2 is 1.89 bits per heavy atom. The molecule has 1 aromatic rings. The van der Waals surface area contributed by atoms with Gasteiger partial charge in [0.1, 0.15) is 6.04 Å². The number of rotatable bonds is 6. The summed E-state index contributed by atoms with van der Waals surface area (Å²) in [6.45, 7) is 5.78. The van der Waals surface area contributed by atoms with Crippen LogP contribution in [-0.2, 0) is 4.79 Å². The number of nitrogens with zero attached hydrogens (tertiary/aromatic N) is 1. The lowest BCUT2D eigenvalue weighted by molar-refractivity contribution is -0.123. The number of carbonyl (C=O) groups is 1. The Labute approximate surface area is 116 Å².